The third-order valence-corrected chi connectivity index (χ3v) is 7.48. The molecule has 2 saturated heterocycles. The van der Waals surface area contributed by atoms with E-state index in [4.69, 9.17) is 16.0 Å². The van der Waals surface area contributed by atoms with Crippen LogP contribution in [0.15, 0.2) is 22.6 Å². The number of amides is 1. The Bertz CT molecular complexity index is 961. The average molecular weight is 397 g/mol. The molecule has 1 unspecified atom stereocenters. The number of hydrogen-bond acceptors (Lipinski definition) is 5. The van der Waals surface area contributed by atoms with Crippen LogP contribution in [0.2, 0.25) is 5.02 Å². The molecular weight excluding hydrogens is 376 g/mol. The van der Waals surface area contributed by atoms with Crippen molar-refractivity contribution in [3.05, 3.63) is 34.5 Å². The number of piperazine rings is 1. The quantitative estimate of drug-likeness (QED) is 0.779. The number of nitrogens with zero attached hydrogens (tertiary/aromatic N) is 2. The Hall–Kier alpha value is -1.57. The van der Waals surface area contributed by atoms with Crippen LogP contribution in [0, 0.1) is 6.92 Å². The van der Waals surface area contributed by atoms with Crippen molar-refractivity contribution in [3.63, 3.8) is 0 Å². The number of furan rings is 1. The molecule has 2 aromatic rings. The molecule has 0 N–H and O–H groups in total. The predicted octanol–water partition coefficient (Wildman–Crippen LogP) is 2.34. The first kappa shape index (κ1) is 17.8. The lowest BCUT2D eigenvalue weighted by Gasteiger charge is -2.37. The Morgan fingerprint density at radius 1 is 1.23 bits per heavy atom. The lowest BCUT2D eigenvalue weighted by atomic mass is 10.1. The number of para-hydroxylation sites is 1. The fraction of sp³-hybridized carbons (Fsp3) is 0.500. The maximum atomic E-state index is 12.9. The first-order valence-corrected chi connectivity index (χ1v) is 11.0. The summed E-state index contributed by atoms with van der Waals surface area (Å²) in [4.78, 5) is 16.9. The van der Waals surface area contributed by atoms with Gasteiger partial charge in [0.15, 0.2) is 21.2 Å². The number of carbonyl (C=O) groups excluding carboxylic acids is 1. The minimum Gasteiger partial charge on any atom is -0.449 e. The third-order valence-electron chi connectivity index (χ3n) is 5.44. The molecule has 1 amide bonds. The van der Waals surface area contributed by atoms with E-state index in [1.54, 1.807) is 11.0 Å². The summed E-state index contributed by atoms with van der Waals surface area (Å²) in [5.41, 5.74) is 1.35. The highest BCUT2D eigenvalue weighted by Crippen LogP contribution is 2.31. The zero-order valence-electron chi connectivity index (χ0n) is 14.6. The fourth-order valence-corrected chi connectivity index (χ4v) is 5.88. The summed E-state index contributed by atoms with van der Waals surface area (Å²) in [6.45, 7) is 4.38. The first-order valence-electron chi connectivity index (χ1n) is 8.77. The molecule has 8 heteroatoms. The van der Waals surface area contributed by atoms with E-state index >= 15 is 0 Å². The molecule has 3 heterocycles. The fourth-order valence-electron chi connectivity index (χ4n) is 3.91. The molecule has 4 rings (SSSR count). The van der Waals surface area contributed by atoms with Crippen molar-refractivity contribution in [1.82, 2.24) is 9.80 Å². The number of hydrogen-bond donors (Lipinski definition) is 0. The van der Waals surface area contributed by atoms with Gasteiger partial charge < -0.3 is 9.32 Å². The van der Waals surface area contributed by atoms with Gasteiger partial charge in [-0.3, -0.25) is 9.69 Å². The van der Waals surface area contributed by atoms with Crippen molar-refractivity contribution < 1.29 is 17.6 Å². The van der Waals surface area contributed by atoms with Crippen LogP contribution in [0.25, 0.3) is 11.0 Å². The molecule has 1 atom stereocenters. The Morgan fingerprint density at radius 2 is 1.96 bits per heavy atom. The summed E-state index contributed by atoms with van der Waals surface area (Å²) in [7, 11) is -2.89. The van der Waals surface area contributed by atoms with E-state index in [1.165, 1.54) is 0 Å². The first-order chi connectivity index (χ1) is 12.4. The Balaban J connectivity index is 1.47. The predicted molar refractivity (Wildman–Crippen MR) is 100 cm³/mol. The topological polar surface area (TPSA) is 70.8 Å². The number of rotatable bonds is 2. The third kappa shape index (κ3) is 3.12. The molecule has 2 aliphatic rings. The van der Waals surface area contributed by atoms with Gasteiger partial charge in [-0.1, -0.05) is 23.7 Å². The average Bonchev–Trinajstić information content (AvgIpc) is 3.16. The molecule has 2 fully saturated rings. The molecule has 6 nitrogen and oxygen atoms in total. The Kier molecular flexibility index (Phi) is 4.49. The van der Waals surface area contributed by atoms with Crippen molar-refractivity contribution in [3.8, 4) is 0 Å². The number of halogens is 1. The van der Waals surface area contributed by atoms with Crippen LogP contribution in [0.5, 0.6) is 0 Å². The lowest BCUT2D eigenvalue weighted by molar-refractivity contribution is 0.0560. The van der Waals surface area contributed by atoms with Gasteiger partial charge in [0.2, 0.25) is 0 Å². The molecule has 0 saturated carbocycles. The maximum Gasteiger partial charge on any atom is 0.289 e. The van der Waals surface area contributed by atoms with Crippen LogP contribution in [0.1, 0.15) is 22.5 Å². The summed E-state index contributed by atoms with van der Waals surface area (Å²) in [5, 5.41) is 1.35. The molecule has 0 radical (unpaired) electrons. The largest absolute Gasteiger partial charge is 0.449 e. The van der Waals surface area contributed by atoms with Crippen molar-refractivity contribution in [2.45, 2.75) is 19.4 Å². The highest BCUT2D eigenvalue weighted by Gasteiger charge is 2.35. The normalized spacial score (nSPS) is 23.6. The maximum absolute atomic E-state index is 12.9. The number of fused-ring (bicyclic) bond motifs is 1. The van der Waals surface area contributed by atoms with Crippen LogP contribution in [0.4, 0.5) is 0 Å². The van der Waals surface area contributed by atoms with E-state index in [9.17, 15) is 13.2 Å². The van der Waals surface area contributed by atoms with Crippen molar-refractivity contribution in [2.24, 2.45) is 0 Å². The zero-order valence-corrected chi connectivity index (χ0v) is 16.1. The Labute approximate surface area is 157 Å². The van der Waals surface area contributed by atoms with E-state index in [0.717, 1.165) is 10.9 Å². The van der Waals surface area contributed by atoms with Crippen LogP contribution >= 0.6 is 11.6 Å². The number of carbonyl (C=O) groups is 1. The van der Waals surface area contributed by atoms with Crippen molar-refractivity contribution >= 4 is 38.3 Å². The SMILES string of the molecule is Cc1c(C(=O)N2CCN(C3CCS(=O)(=O)C3)CC2)oc2c(Cl)cccc12. The molecule has 1 aromatic carbocycles. The van der Waals surface area contributed by atoms with Crippen LogP contribution in [0.3, 0.4) is 0 Å². The number of aryl methyl sites for hydroxylation is 1. The monoisotopic (exact) mass is 396 g/mol. The molecule has 0 aliphatic carbocycles. The van der Waals surface area contributed by atoms with Gasteiger partial charge in [-0.05, 0) is 19.4 Å². The lowest BCUT2D eigenvalue weighted by Crippen LogP contribution is -2.52. The summed E-state index contributed by atoms with van der Waals surface area (Å²) in [6, 6.07) is 5.57. The summed E-state index contributed by atoms with van der Waals surface area (Å²) >= 11 is 6.17. The van der Waals surface area contributed by atoms with Gasteiger partial charge >= 0.3 is 0 Å². The van der Waals surface area contributed by atoms with Gasteiger partial charge in [0.1, 0.15) is 0 Å². The van der Waals surface area contributed by atoms with Crippen LogP contribution in [-0.2, 0) is 9.84 Å². The second-order valence-electron chi connectivity index (χ2n) is 7.06. The van der Waals surface area contributed by atoms with E-state index in [2.05, 4.69) is 4.90 Å². The molecule has 26 heavy (non-hydrogen) atoms. The molecule has 2 aliphatic heterocycles. The molecule has 0 bridgehead atoms. The van der Waals surface area contributed by atoms with Gasteiger partial charge in [-0.25, -0.2) is 8.42 Å². The van der Waals surface area contributed by atoms with Gasteiger partial charge in [-0.15, -0.1) is 0 Å². The second kappa shape index (κ2) is 6.55. The summed E-state index contributed by atoms with van der Waals surface area (Å²) in [6.07, 6.45) is 0.692. The van der Waals surface area contributed by atoms with E-state index in [-0.39, 0.29) is 23.5 Å². The molecule has 1 aromatic heterocycles. The minimum absolute atomic E-state index is 0.0870. The standard InChI is InChI=1S/C18H21ClN2O4S/c1-12-14-3-2-4-15(19)17(14)25-16(12)18(22)21-8-6-20(7-9-21)13-5-10-26(23,24)11-13/h2-4,13H,5-11H2,1H3. The van der Waals surface area contributed by atoms with E-state index in [1.807, 2.05) is 19.1 Å². The zero-order chi connectivity index (χ0) is 18.5. The Morgan fingerprint density at radius 3 is 2.58 bits per heavy atom. The van der Waals surface area contributed by atoms with Gasteiger partial charge in [-0.2, -0.15) is 0 Å². The molecule has 0 spiro atoms. The summed E-state index contributed by atoms with van der Waals surface area (Å²) in [5.74, 6) is 0.719. The number of sulfone groups is 1. The smallest absolute Gasteiger partial charge is 0.289 e. The second-order valence-corrected chi connectivity index (χ2v) is 9.69. The van der Waals surface area contributed by atoms with E-state index < -0.39 is 9.84 Å². The molecule has 140 valence electrons. The van der Waals surface area contributed by atoms with Gasteiger partial charge in [0.25, 0.3) is 5.91 Å². The van der Waals surface area contributed by atoms with Crippen molar-refractivity contribution in [2.75, 3.05) is 37.7 Å². The van der Waals surface area contributed by atoms with E-state index in [0.29, 0.717) is 49.0 Å². The number of benzene rings is 1. The van der Waals surface area contributed by atoms with Crippen LogP contribution < -0.4 is 0 Å². The van der Waals surface area contributed by atoms with Gasteiger partial charge in [0.05, 0.1) is 16.5 Å². The van der Waals surface area contributed by atoms with Crippen LogP contribution in [-0.4, -0.2) is 67.9 Å². The van der Waals surface area contributed by atoms with Crippen molar-refractivity contribution in [1.29, 1.82) is 0 Å². The van der Waals surface area contributed by atoms with Gasteiger partial charge in [0, 0.05) is 43.2 Å². The minimum atomic E-state index is -2.89. The molecular formula is C18H21ClN2O4S. The highest BCUT2D eigenvalue weighted by atomic mass is 35.5. The highest BCUT2D eigenvalue weighted by molar-refractivity contribution is 7.91. The summed E-state index contributed by atoms with van der Waals surface area (Å²) < 4.78 is 29.1.